The maximum Gasteiger partial charge on any atom is 0.193 e. The molecule has 25 heavy (non-hydrogen) atoms. The van der Waals surface area contributed by atoms with Gasteiger partial charge in [0.2, 0.25) is 0 Å². The predicted octanol–water partition coefficient (Wildman–Crippen LogP) is 3.32. The summed E-state index contributed by atoms with van der Waals surface area (Å²) >= 11 is 0. The third kappa shape index (κ3) is 4.03. The monoisotopic (exact) mass is 344 g/mol. The van der Waals surface area contributed by atoms with Crippen LogP contribution in [-0.2, 0) is 0 Å². The van der Waals surface area contributed by atoms with Gasteiger partial charge in [0, 0.05) is 12.1 Å². The molecular formula is C19H20O6. The van der Waals surface area contributed by atoms with Crippen molar-refractivity contribution in [3.63, 3.8) is 0 Å². The fraction of sp³-hybridized carbons (Fsp3) is 0.211. The Labute approximate surface area is 146 Å². The van der Waals surface area contributed by atoms with Gasteiger partial charge in [0.1, 0.15) is 22.8 Å². The molecule has 132 valence electrons. The lowest BCUT2D eigenvalue weighted by atomic mass is 10.1. The summed E-state index contributed by atoms with van der Waals surface area (Å²) in [5.41, 5.74) is 0.818. The number of carbonyl (C=O) groups excluding carboxylic acids is 1. The van der Waals surface area contributed by atoms with E-state index in [-0.39, 0.29) is 17.1 Å². The van der Waals surface area contributed by atoms with Crippen LogP contribution in [0.15, 0.2) is 36.4 Å². The second-order valence-electron chi connectivity index (χ2n) is 5.04. The van der Waals surface area contributed by atoms with Crippen LogP contribution in [0.1, 0.15) is 15.9 Å². The molecule has 0 aliphatic rings. The fourth-order valence-electron chi connectivity index (χ4n) is 2.31. The van der Waals surface area contributed by atoms with E-state index in [1.54, 1.807) is 31.4 Å². The highest BCUT2D eigenvalue weighted by atomic mass is 16.5. The number of phenolic OH excluding ortho intramolecular Hbond substituents is 1. The molecular weight excluding hydrogens is 324 g/mol. The molecule has 0 fully saturated rings. The maximum atomic E-state index is 12.5. The SMILES string of the molecule is COc1cc(O)c(C(=O)/C=C\c2ccc(OC)c(OC)c2)c(OC)c1. The highest BCUT2D eigenvalue weighted by Gasteiger charge is 2.17. The average molecular weight is 344 g/mol. The van der Waals surface area contributed by atoms with Crippen molar-refractivity contribution in [2.24, 2.45) is 0 Å². The molecule has 0 radical (unpaired) electrons. The molecule has 2 aromatic carbocycles. The van der Waals surface area contributed by atoms with Crippen molar-refractivity contribution >= 4 is 11.9 Å². The molecule has 0 aliphatic carbocycles. The van der Waals surface area contributed by atoms with Crippen molar-refractivity contribution in [1.29, 1.82) is 0 Å². The molecule has 6 heteroatoms. The first-order valence-electron chi connectivity index (χ1n) is 7.43. The van der Waals surface area contributed by atoms with Crippen molar-refractivity contribution in [2.75, 3.05) is 28.4 Å². The number of methoxy groups -OCH3 is 4. The number of rotatable bonds is 7. The molecule has 6 nitrogen and oxygen atoms in total. The molecule has 1 N–H and O–H groups in total. The fourth-order valence-corrected chi connectivity index (χ4v) is 2.31. The zero-order chi connectivity index (χ0) is 18.4. The van der Waals surface area contributed by atoms with Gasteiger partial charge in [-0.15, -0.1) is 0 Å². The van der Waals surface area contributed by atoms with E-state index in [4.69, 9.17) is 18.9 Å². The number of ketones is 1. The Morgan fingerprint density at radius 3 is 2.16 bits per heavy atom. The van der Waals surface area contributed by atoms with Crippen molar-refractivity contribution in [3.8, 4) is 28.7 Å². The highest BCUT2D eigenvalue weighted by molar-refractivity contribution is 6.10. The number of phenols is 1. The third-order valence-corrected chi connectivity index (χ3v) is 3.59. The van der Waals surface area contributed by atoms with E-state index in [2.05, 4.69) is 0 Å². The molecule has 0 aliphatic heterocycles. The Morgan fingerprint density at radius 2 is 1.56 bits per heavy atom. The zero-order valence-electron chi connectivity index (χ0n) is 14.5. The standard InChI is InChI=1S/C19H20O6/c1-22-13-10-15(21)19(18(11-13)25-4)14(20)7-5-12-6-8-16(23-2)17(9-12)24-3/h5-11,21H,1-4H3/b7-5-. The normalized spacial score (nSPS) is 10.6. The van der Waals surface area contributed by atoms with E-state index in [0.717, 1.165) is 5.56 Å². The average Bonchev–Trinajstić information content (AvgIpc) is 2.64. The van der Waals surface area contributed by atoms with E-state index in [9.17, 15) is 9.90 Å². The predicted molar refractivity (Wildman–Crippen MR) is 94.1 cm³/mol. The van der Waals surface area contributed by atoms with Gasteiger partial charge in [0.15, 0.2) is 17.3 Å². The van der Waals surface area contributed by atoms with Crippen LogP contribution in [0.3, 0.4) is 0 Å². The first kappa shape index (κ1) is 18.2. The number of hydrogen-bond donors (Lipinski definition) is 1. The molecule has 0 aromatic heterocycles. The zero-order valence-corrected chi connectivity index (χ0v) is 14.5. The highest BCUT2D eigenvalue weighted by Crippen LogP contribution is 2.34. The van der Waals surface area contributed by atoms with Crippen molar-refractivity contribution in [3.05, 3.63) is 47.5 Å². The minimum absolute atomic E-state index is 0.0695. The first-order chi connectivity index (χ1) is 12.0. The molecule has 0 saturated carbocycles. The van der Waals surface area contributed by atoms with Gasteiger partial charge in [-0.1, -0.05) is 12.1 Å². The molecule has 0 unspecified atom stereocenters. The number of hydrogen-bond acceptors (Lipinski definition) is 6. The summed E-state index contributed by atoms with van der Waals surface area (Å²) in [6.45, 7) is 0. The van der Waals surface area contributed by atoms with Gasteiger partial charge >= 0.3 is 0 Å². The largest absolute Gasteiger partial charge is 0.507 e. The van der Waals surface area contributed by atoms with E-state index >= 15 is 0 Å². The molecule has 0 bridgehead atoms. The molecule has 2 rings (SSSR count). The summed E-state index contributed by atoms with van der Waals surface area (Å²) in [5, 5.41) is 10.1. The Kier molecular flexibility index (Phi) is 5.89. The lowest BCUT2D eigenvalue weighted by Gasteiger charge is -2.10. The molecule has 0 amide bonds. The Morgan fingerprint density at radius 1 is 0.880 bits per heavy atom. The van der Waals surface area contributed by atoms with Crippen LogP contribution < -0.4 is 18.9 Å². The van der Waals surface area contributed by atoms with E-state index < -0.39 is 5.78 Å². The minimum Gasteiger partial charge on any atom is -0.507 e. The van der Waals surface area contributed by atoms with Crippen molar-refractivity contribution in [2.45, 2.75) is 0 Å². The summed E-state index contributed by atoms with van der Waals surface area (Å²) in [6, 6.07) is 8.18. The van der Waals surface area contributed by atoms with Gasteiger partial charge in [0.05, 0.1) is 28.4 Å². The number of ether oxygens (including phenoxy) is 4. The van der Waals surface area contributed by atoms with Gasteiger partial charge in [-0.25, -0.2) is 0 Å². The van der Waals surface area contributed by atoms with Gasteiger partial charge in [-0.05, 0) is 23.8 Å². The van der Waals surface area contributed by atoms with E-state index in [1.807, 2.05) is 0 Å². The third-order valence-electron chi connectivity index (χ3n) is 3.59. The van der Waals surface area contributed by atoms with Gasteiger partial charge in [-0.2, -0.15) is 0 Å². The maximum absolute atomic E-state index is 12.5. The van der Waals surface area contributed by atoms with E-state index in [0.29, 0.717) is 17.2 Å². The number of aromatic hydroxyl groups is 1. The summed E-state index contributed by atoms with van der Waals surface area (Å²) in [7, 11) is 5.97. The summed E-state index contributed by atoms with van der Waals surface area (Å²) in [6.07, 6.45) is 2.97. The van der Waals surface area contributed by atoms with Crippen LogP contribution in [0.5, 0.6) is 28.7 Å². The first-order valence-corrected chi connectivity index (χ1v) is 7.43. The van der Waals surface area contributed by atoms with E-state index in [1.165, 1.54) is 39.5 Å². The lowest BCUT2D eigenvalue weighted by Crippen LogP contribution is -2.00. The summed E-state index contributed by atoms with van der Waals surface area (Å²) in [4.78, 5) is 12.5. The topological polar surface area (TPSA) is 74.2 Å². The number of allylic oxidation sites excluding steroid dienone is 1. The summed E-state index contributed by atoms with van der Waals surface area (Å²) < 4.78 is 20.6. The Hall–Kier alpha value is -3.15. The molecule has 0 heterocycles. The lowest BCUT2D eigenvalue weighted by molar-refractivity contribution is 0.104. The second-order valence-corrected chi connectivity index (χ2v) is 5.04. The second kappa shape index (κ2) is 8.10. The molecule has 0 atom stereocenters. The quantitative estimate of drug-likeness (QED) is 0.613. The minimum atomic E-state index is -0.396. The summed E-state index contributed by atoms with van der Waals surface area (Å²) in [5.74, 6) is 1.18. The van der Waals surface area contributed by atoms with Gasteiger partial charge in [0.25, 0.3) is 0 Å². The van der Waals surface area contributed by atoms with Crippen LogP contribution in [0.4, 0.5) is 0 Å². The van der Waals surface area contributed by atoms with Gasteiger partial charge < -0.3 is 24.1 Å². The van der Waals surface area contributed by atoms with Crippen LogP contribution in [-0.4, -0.2) is 39.3 Å². The Balaban J connectivity index is 2.32. The van der Waals surface area contributed by atoms with Crippen molar-refractivity contribution < 1.29 is 28.8 Å². The smallest absolute Gasteiger partial charge is 0.193 e. The molecule has 2 aromatic rings. The molecule has 0 saturated heterocycles. The Bertz CT molecular complexity index is 795. The van der Waals surface area contributed by atoms with Gasteiger partial charge in [-0.3, -0.25) is 4.79 Å². The van der Waals surface area contributed by atoms with Crippen LogP contribution >= 0.6 is 0 Å². The van der Waals surface area contributed by atoms with Crippen LogP contribution in [0, 0.1) is 0 Å². The van der Waals surface area contributed by atoms with Crippen LogP contribution in [0.25, 0.3) is 6.08 Å². The number of carbonyl (C=O) groups is 1. The molecule has 0 spiro atoms. The number of benzene rings is 2. The van der Waals surface area contributed by atoms with Crippen molar-refractivity contribution in [1.82, 2.24) is 0 Å². The van der Waals surface area contributed by atoms with Crippen LogP contribution in [0.2, 0.25) is 0 Å².